The minimum atomic E-state index is -3.73. The Labute approximate surface area is 270 Å². The topological polar surface area (TPSA) is 193 Å². The van der Waals surface area contributed by atoms with Crippen molar-refractivity contribution >= 4 is 58.1 Å². The number of nitrogens with zero attached hydrogens (tertiary/aromatic N) is 10. The summed E-state index contributed by atoms with van der Waals surface area (Å²) < 4.78 is 44.9. The lowest BCUT2D eigenvalue weighted by Gasteiger charge is -2.44. The first-order valence-corrected chi connectivity index (χ1v) is 17.2. The molecular weight excluding hydrogens is 666 g/mol. The molecular formula is C26H27ClFN10O6PS. The van der Waals surface area contributed by atoms with E-state index in [0.717, 1.165) is 0 Å². The van der Waals surface area contributed by atoms with Crippen LogP contribution in [0, 0.1) is 23.2 Å². The first kappa shape index (κ1) is 31.4. The van der Waals surface area contributed by atoms with Crippen molar-refractivity contribution in [3.8, 4) is 6.07 Å². The lowest BCUT2D eigenvalue weighted by Crippen LogP contribution is -2.43. The van der Waals surface area contributed by atoms with Crippen LogP contribution in [0.25, 0.3) is 28.0 Å². The van der Waals surface area contributed by atoms with Gasteiger partial charge in [0.15, 0.2) is 40.0 Å². The number of aliphatic hydroxyl groups excluding tert-OH is 2. The van der Waals surface area contributed by atoms with Crippen LogP contribution in [0.15, 0.2) is 37.7 Å². The quantitative estimate of drug-likeness (QED) is 0.110. The molecule has 6 heterocycles. The van der Waals surface area contributed by atoms with Crippen molar-refractivity contribution in [2.75, 3.05) is 26.4 Å². The third-order valence-corrected chi connectivity index (χ3v) is 11.0. The molecule has 5 aromatic heterocycles. The van der Waals surface area contributed by atoms with Gasteiger partial charge in [0.25, 0.3) is 0 Å². The maximum Gasteiger partial charge on any atom is 0.327 e. The largest absolute Gasteiger partial charge is 0.396 e. The fraction of sp³-hybridized carbons (Fsp3) is 0.500. The summed E-state index contributed by atoms with van der Waals surface area (Å²) >= 11 is 11.9. The Kier molecular flexibility index (Phi) is 8.69. The third kappa shape index (κ3) is 5.45. The van der Waals surface area contributed by atoms with E-state index in [1.807, 2.05) is 10.6 Å². The zero-order valence-electron chi connectivity index (χ0n) is 23.9. The van der Waals surface area contributed by atoms with Gasteiger partial charge in [0, 0.05) is 31.0 Å². The zero-order chi connectivity index (χ0) is 32.0. The van der Waals surface area contributed by atoms with E-state index < -0.39 is 37.9 Å². The van der Waals surface area contributed by atoms with Gasteiger partial charge >= 0.3 is 6.72 Å². The highest BCUT2D eigenvalue weighted by molar-refractivity contribution is 8.07. The molecule has 0 spiro atoms. The Balaban J connectivity index is 1.12. The minimum Gasteiger partial charge on any atom is -0.396 e. The summed E-state index contributed by atoms with van der Waals surface area (Å²) in [6, 6.07) is 1.83. The van der Waals surface area contributed by atoms with Gasteiger partial charge in [-0.2, -0.15) is 5.26 Å². The highest BCUT2D eigenvalue weighted by atomic mass is 35.5. The molecule has 7 rings (SSSR count). The fourth-order valence-electron chi connectivity index (χ4n) is 5.97. The Hall–Kier alpha value is -3.24. The molecule has 2 fully saturated rings. The average Bonchev–Trinajstić information content (AvgIpc) is 3.83. The summed E-state index contributed by atoms with van der Waals surface area (Å²) in [6.07, 6.45) is 4.23. The molecule has 16 nitrogen and oxygen atoms in total. The van der Waals surface area contributed by atoms with Gasteiger partial charge in [-0.05, 0) is 24.1 Å². The van der Waals surface area contributed by atoms with Gasteiger partial charge in [-0.25, -0.2) is 34.3 Å². The van der Waals surface area contributed by atoms with Crippen molar-refractivity contribution in [3.05, 3.63) is 42.9 Å². The van der Waals surface area contributed by atoms with E-state index >= 15 is 4.39 Å². The summed E-state index contributed by atoms with van der Waals surface area (Å²) in [5.41, 5.74) is 2.35. The van der Waals surface area contributed by atoms with E-state index in [1.165, 1.54) is 17.2 Å². The average molecular weight is 693 g/mol. The number of halogens is 2. The van der Waals surface area contributed by atoms with Gasteiger partial charge < -0.3 is 28.6 Å². The molecule has 0 bridgehead atoms. The first-order valence-electron chi connectivity index (χ1n) is 14.3. The molecule has 46 heavy (non-hydrogen) atoms. The fourth-order valence-corrected chi connectivity index (χ4v) is 8.26. The molecule has 0 radical (unpaired) electrons. The molecule has 1 saturated carbocycles. The molecule has 1 unspecified atom stereocenters. The number of aliphatic hydroxyl groups is 2. The van der Waals surface area contributed by atoms with E-state index in [0.29, 0.717) is 34.4 Å². The third-order valence-electron chi connectivity index (χ3n) is 8.36. The number of alkyl halides is 1. The van der Waals surface area contributed by atoms with Gasteiger partial charge in [-0.15, -0.1) is 0 Å². The molecule has 0 aromatic carbocycles. The van der Waals surface area contributed by atoms with Gasteiger partial charge in [0.1, 0.15) is 30.4 Å². The molecule has 0 amide bonds. The van der Waals surface area contributed by atoms with E-state index in [-0.39, 0.29) is 49.3 Å². The summed E-state index contributed by atoms with van der Waals surface area (Å²) in [5, 5.41) is 29.5. The molecule has 2 N–H and O–H groups in total. The highest BCUT2D eigenvalue weighted by Crippen LogP contribution is 2.56. The second kappa shape index (κ2) is 12.8. The zero-order valence-corrected chi connectivity index (χ0v) is 26.3. The second-order valence-electron chi connectivity index (χ2n) is 10.9. The summed E-state index contributed by atoms with van der Waals surface area (Å²) in [5.74, 6) is -0.428. The predicted molar refractivity (Wildman–Crippen MR) is 162 cm³/mol. The molecule has 1 saturated heterocycles. The lowest BCUT2D eigenvalue weighted by molar-refractivity contribution is -0.0508. The second-order valence-corrected chi connectivity index (χ2v) is 14.2. The van der Waals surface area contributed by atoms with Crippen LogP contribution in [0.1, 0.15) is 25.1 Å². The Morgan fingerprint density at radius 2 is 1.85 bits per heavy atom. The first-order chi connectivity index (χ1) is 22.4. The number of aromatic nitrogens is 9. The number of hydrogen-bond donors (Lipinski definition) is 2. The van der Waals surface area contributed by atoms with Crippen molar-refractivity contribution in [1.82, 2.24) is 43.4 Å². The predicted octanol–water partition coefficient (Wildman–Crippen LogP) is 2.53. The smallest absolute Gasteiger partial charge is 0.327 e. The van der Waals surface area contributed by atoms with E-state index in [9.17, 15) is 10.2 Å². The summed E-state index contributed by atoms with van der Waals surface area (Å²) in [4.78, 5) is 25.7. The van der Waals surface area contributed by atoms with Crippen LogP contribution in [0.3, 0.4) is 0 Å². The minimum absolute atomic E-state index is 0.00664. The maximum atomic E-state index is 15.8. The number of hydrogen-bond acceptors (Lipinski definition) is 14. The van der Waals surface area contributed by atoms with Crippen molar-refractivity contribution in [2.24, 2.45) is 11.8 Å². The van der Waals surface area contributed by atoms with Crippen molar-refractivity contribution in [3.63, 3.8) is 0 Å². The number of ether oxygens (including phenoxy) is 1. The monoisotopic (exact) mass is 692 g/mol. The SMILES string of the molecule is N#CCCOP(=S)(OC[C@H]1C[C@@H](n2cnc3c(Cl)ncnc32)[C@@H]1CO)O[C@@H]1[C@H](F)[C@@H](CO)O[C@H]1n1cnc2c1ncn1ccnc21. The van der Waals surface area contributed by atoms with Gasteiger partial charge in [-0.3, -0.25) is 13.5 Å². The Morgan fingerprint density at radius 3 is 2.65 bits per heavy atom. The van der Waals surface area contributed by atoms with Crippen LogP contribution >= 0.6 is 18.3 Å². The van der Waals surface area contributed by atoms with E-state index in [4.69, 9.17) is 47.0 Å². The Bertz CT molecular complexity index is 1970. The maximum absolute atomic E-state index is 15.8. The molecule has 2 aliphatic rings. The number of fused-ring (bicyclic) bond motifs is 4. The van der Waals surface area contributed by atoms with Crippen LogP contribution in [-0.2, 0) is 30.1 Å². The molecule has 20 heteroatoms. The van der Waals surface area contributed by atoms with Crippen LogP contribution < -0.4 is 0 Å². The number of nitriles is 1. The van der Waals surface area contributed by atoms with Crippen LogP contribution in [0.2, 0.25) is 5.15 Å². The van der Waals surface area contributed by atoms with E-state index in [1.54, 1.807) is 29.4 Å². The standard InChI is InChI=1S/C26H27ClFN10O6PS/c27-22-19-24(32-10-31-22)37(12-33-19)16-6-14(15(16)7-39)9-42-45(46,41-5-1-2-29)44-21-18(28)17(8-40)43-26(21)38-13-34-20-23-30-3-4-36(23)11-35-25(20)38/h3-4,10-18,21,26,39-40H,1,5-9H2/t14-,15-,16-,17-,18-,21-,26-,45?/m1/s1. The number of imidazole rings is 3. The van der Waals surface area contributed by atoms with Gasteiger partial charge in [0.05, 0.1) is 45.0 Å². The number of rotatable bonds is 12. The lowest BCUT2D eigenvalue weighted by atomic mass is 9.70. The summed E-state index contributed by atoms with van der Waals surface area (Å²) in [6.45, 7) is -4.60. The van der Waals surface area contributed by atoms with Gasteiger partial charge in [0.2, 0.25) is 0 Å². The molecule has 5 aromatic rings. The van der Waals surface area contributed by atoms with Crippen LogP contribution in [0.5, 0.6) is 0 Å². The van der Waals surface area contributed by atoms with Gasteiger partial charge in [-0.1, -0.05) is 11.6 Å². The molecule has 242 valence electrons. The van der Waals surface area contributed by atoms with Crippen LogP contribution in [-0.4, -0.2) is 98.5 Å². The molecule has 8 atom stereocenters. The van der Waals surface area contributed by atoms with Crippen molar-refractivity contribution < 1.29 is 32.9 Å². The molecule has 1 aliphatic carbocycles. The molecule has 1 aliphatic heterocycles. The highest BCUT2D eigenvalue weighted by Gasteiger charge is 2.51. The Morgan fingerprint density at radius 1 is 1.04 bits per heavy atom. The normalized spacial score (nSPS) is 27.7. The van der Waals surface area contributed by atoms with Crippen LogP contribution in [0.4, 0.5) is 4.39 Å². The van der Waals surface area contributed by atoms with E-state index in [2.05, 4.69) is 29.9 Å². The van der Waals surface area contributed by atoms with Crippen molar-refractivity contribution in [1.29, 1.82) is 5.26 Å². The summed E-state index contributed by atoms with van der Waals surface area (Å²) in [7, 11) is 0. The van der Waals surface area contributed by atoms with Crippen molar-refractivity contribution in [2.45, 2.75) is 43.5 Å².